The van der Waals surface area contributed by atoms with Crippen LogP contribution in [0, 0.1) is 13.8 Å². The first-order chi connectivity index (χ1) is 11.5. The third kappa shape index (κ3) is 3.56. The largest absolute Gasteiger partial charge is 0.442 e. The zero-order valence-electron chi connectivity index (χ0n) is 13.8. The number of rotatable bonds is 4. The monoisotopic (exact) mass is 324 g/mol. The minimum absolute atomic E-state index is 0.170. The van der Waals surface area contributed by atoms with Crippen molar-refractivity contribution >= 4 is 17.7 Å². The molecule has 1 fully saturated rings. The Morgan fingerprint density at radius 1 is 1.17 bits per heavy atom. The van der Waals surface area contributed by atoms with E-state index in [-0.39, 0.29) is 18.1 Å². The highest BCUT2D eigenvalue weighted by molar-refractivity contribution is 5.94. The number of aryl methyl sites for hydroxylation is 2. The van der Waals surface area contributed by atoms with Crippen molar-refractivity contribution in [2.24, 2.45) is 0 Å². The third-order valence-corrected chi connectivity index (χ3v) is 3.92. The summed E-state index contributed by atoms with van der Waals surface area (Å²) < 4.78 is 5.37. The predicted octanol–water partition coefficient (Wildman–Crippen LogP) is 3.06. The van der Waals surface area contributed by atoms with Gasteiger partial charge in [-0.1, -0.05) is 24.3 Å². The number of amides is 2. The summed E-state index contributed by atoms with van der Waals surface area (Å²) in [5, 5.41) is 2.81. The lowest BCUT2D eigenvalue weighted by Crippen LogP contribution is -2.34. The van der Waals surface area contributed by atoms with Crippen LogP contribution in [0.5, 0.6) is 0 Å². The van der Waals surface area contributed by atoms with Gasteiger partial charge in [-0.15, -0.1) is 0 Å². The van der Waals surface area contributed by atoms with E-state index in [1.165, 1.54) is 0 Å². The Morgan fingerprint density at radius 3 is 2.50 bits per heavy atom. The van der Waals surface area contributed by atoms with Crippen molar-refractivity contribution in [1.29, 1.82) is 0 Å². The summed E-state index contributed by atoms with van der Waals surface area (Å²) in [5.41, 5.74) is 3.61. The van der Waals surface area contributed by atoms with Crippen LogP contribution < -0.4 is 10.2 Å². The lowest BCUT2D eigenvalue weighted by molar-refractivity contribution is 0.0916. The second-order valence-corrected chi connectivity index (χ2v) is 6.04. The number of nitrogens with one attached hydrogen (secondary N) is 1. The van der Waals surface area contributed by atoms with E-state index in [0.29, 0.717) is 18.7 Å². The molecule has 0 aromatic heterocycles. The van der Waals surface area contributed by atoms with Crippen LogP contribution in [-0.2, 0) is 4.74 Å². The predicted molar refractivity (Wildman–Crippen MR) is 92.3 cm³/mol. The van der Waals surface area contributed by atoms with Crippen LogP contribution in [0.4, 0.5) is 10.5 Å². The molecule has 0 saturated carbocycles. The third-order valence-electron chi connectivity index (χ3n) is 3.92. The van der Waals surface area contributed by atoms with E-state index in [9.17, 15) is 9.59 Å². The normalized spacial score (nSPS) is 16.8. The molecule has 0 bridgehead atoms. The molecule has 124 valence electrons. The van der Waals surface area contributed by atoms with Gasteiger partial charge in [0.05, 0.1) is 13.1 Å². The Kier molecular flexibility index (Phi) is 4.51. The molecular formula is C19H20N2O3. The standard InChI is InChI=1S/C19H20N2O3/c1-13-8-14(2)10-16(9-13)21-12-17(24-19(21)23)11-20-18(22)15-6-4-3-5-7-15/h3-10,17H,11-12H2,1-2H3,(H,20,22). The Hall–Kier alpha value is -2.82. The second-order valence-electron chi connectivity index (χ2n) is 6.04. The van der Waals surface area contributed by atoms with Crippen LogP contribution in [0.3, 0.4) is 0 Å². The molecule has 0 radical (unpaired) electrons. The average Bonchev–Trinajstić information content (AvgIpc) is 2.93. The molecule has 1 saturated heterocycles. The fraction of sp³-hybridized carbons (Fsp3) is 0.263. The highest BCUT2D eigenvalue weighted by Crippen LogP contribution is 2.24. The van der Waals surface area contributed by atoms with Crippen molar-refractivity contribution in [3.63, 3.8) is 0 Å². The number of carbonyl (C=O) groups is 2. The molecule has 24 heavy (non-hydrogen) atoms. The molecule has 2 amide bonds. The first-order valence-corrected chi connectivity index (χ1v) is 7.92. The second kappa shape index (κ2) is 6.74. The fourth-order valence-corrected chi connectivity index (χ4v) is 2.84. The summed E-state index contributed by atoms with van der Waals surface area (Å²) in [6.07, 6.45) is -0.732. The summed E-state index contributed by atoms with van der Waals surface area (Å²) in [7, 11) is 0. The molecule has 2 aromatic carbocycles. The van der Waals surface area contributed by atoms with Crippen molar-refractivity contribution in [2.45, 2.75) is 20.0 Å². The first kappa shape index (κ1) is 16.1. The van der Waals surface area contributed by atoms with Gasteiger partial charge in [0.1, 0.15) is 6.10 Å². The maximum Gasteiger partial charge on any atom is 0.414 e. The molecule has 0 aliphatic carbocycles. The molecule has 3 rings (SSSR count). The summed E-state index contributed by atoms with van der Waals surface area (Å²) in [4.78, 5) is 25.8. The van der Waals surface area contributed by atoms with Crippen LogP contribution in [-0.4, -0.2) is 31.2 Å². The van der Waals surface area contributed by atoms with Gasteiger partial charge in [0.2, 0.25) is 0 Å². The summed E-state index contributed by atoms with van der Waals surface area (Å²) in [6, 6.07) is 15.0. The van der Waals surface area contributed by atoms with Gasteiger partial charge in [0.15, 0.2) is 0 Å². The number of benzene rings is 2. The maximum atomic E-state index is 12.1. The van der Waals surface area contributed by atoms with Gasteiger partial charge in [-0.25, -0.2) is 4.79 Å². The highest BCUT2D eigenvalue weighted by Gasteiger charge is 2.32. The van der Waals surface area contributed by atoms with Crippen molar-refractivity contribution in [1.82, 2.24) is 5.32 Å². The number of carbonyl (C=O) groups excluding carboxylic acids is 2. The Balaban J connectivity index is 1.62. The number of nitrogens with zero attached hydrogens (tertiary/aromatic N) is 1. The molecule has 5 heteroatoms. The number of hydrogen-bond donors (Lipinski definition) is 1. The van der Waals surface area contributed by atoms with Gasteiger partial charge < -0.3 is 10.1 Å². The quantitative estimate of drug-likeness (QED) is 0.940. The van der Waals surface area contributed by atoms with E-state index in [2.05, 4.69) is 11.4 Å². The fourth-order valence-electron chi connectivity index (χ4n) is 2.84. The topological polar surface area (TPSA) is 58.6 Å². The average molecular weight is 324 g/mol. The molecule has 2 aromatic rings. The van der Waals surface area contributed by atoms with Gasteiger partial charge in [-0.3, -0.25) is 9.69 Å². The Labute approximate surface area is 141 Å². The van der Waals surface area contributed by atoms with E-state index in [1.807, 2.05) is 44.2 Å². The van der Waals surface area contributed by atoms with Gasteiger partial charge in [0.25, 0.3) is 5.91 Å². The van der Waals surface area contributed by atoms with Crippen molar-refractivity contribution in [3.05, 3.63) is 65.2 Å². The first-order valence-electron chi connectivity index (χ1n) is 7.92. The molecule has 1 heterocycles. The molecule has 1 aliphatic heterocycles. The van der Waals surface area contributed by atoms with E-state index in [0.717, 1.165) is 16.8 Å². The van der Waals surface area contributed by atoms with Gasteiger partial charge in [0, 0.05) is 11.3 Å². The molecular weight excluding hydrogens is 304 g/mol. The van der Waals surface area contributed by atoms with Crippen LogP contribution in [0.1, 0.15) is 21.5 Å². The summed E-state index contributed by atoms with van der Waals surface area (Å²) in [6.45, 7) is 4.71. The van der Waals surface area contributed by atoms with Crippen molar-refractivity contribution in [3.8, 4) is 0 Å². The Morgan fingerprint density at radius 2 is 1.83 bits per heavy atom. The molecule has 1 atom stereocenters. The minimum Gasteiger partial charge on any atom is -0.442 e. The van der Waals surface area contributed by atoms with Gasteiger partial charge in [-0.2, -0.15) is 0 Å². The highest BCUT2D eigenvalue weighted by atomic mass is 16.6. The molecule has 1 N–H and O–H groups in total. The summed E-state index contributed by atoms with van der Waals surface area (Å²) in [5.74, 6) is -0.170. The Bertz CT molecular complexity index is 738. The number of anilines is 1. The molecule has 1 aliphatic rings. The minimum atomic E-state index is -0.376. The van der Waals surface area contributed by atoms with Crippen LogP contribution in [0.15, 0.2) is 48.5 Å². The van der Waals surface area contributed by atoms with Crippen LogP contribution in [0.25, 0.3) is 0 Å². The van der Waals surface area contributed by atoms with E-state index in [1.54, 1.807) is 17.0 Å². The number of hydrogen-bond acceptors (Lipinski definition) is 3. The van der Waals surface area contributed by atoms with E-state index < -0.39 is 0 Å². The zero-order chi connectivity index (χ0) is 17.1. The van der Waals surface area contributed by atoms with E-state index >= 15 is 0 Å². The summed E-state index contributed by atoms with van der Waals surface area (Å²) >= 11 is 0. The van der Waals surface area contributed by atoms with Gasteiger partial charge in [-0.05, 0) is 49.2 Å². The SMILES string of the molecule is Cc1cc(C)cc(N2CC(CNC(=O)c3ccccc3)OC2=O)c1. The van der Waals surface area contributed by atoms with Crippen molar-refractivity contribution in [2.75, 3.05) is 18.0 Å². The zero-order valence-corrected chi connectivity index (χ0v) is 13.8. The number of cyclic esters (lactones) is 1. The number of ether oxygens (including phenoxy) is 1. The van der Waals surface area contributed by atoms with Gasteiger partial charge >= 0.3 is 6.09 Å². The lowest BCUT2D eigenvalue weighted by atomic mass is 10.1. The molecule has 1 unspecified atom stereocenters. The van der Waals surface area contributed by atoms with Crippen LogP contribution >= 0.6 is 0 Å². The lowest BCUT2D eigenvalue weighted by Gasteiger charge is -2.14. The molecule has 5 nitrogen and oxygen atoms in total. The van der Waals surface area contributed by atoms with E-state index in [4.69, 9.17) is 4.74 Å². The smallest absolute Gasteiger partial charge is 0.414 e. The maximum absolute atomic E-state index is 12.1. The van der Waals surface area contributed by atoms with Crippen molar-refractivity contribution < 1.29 is 14.3 Å². The van der Waals surface area contributed by atoms with Crippen LogP contribution in [0.2, 0.25) is 0 Å². The molecule has 0 spiro atoms.